The zero-order valence-electron chi connectivity index (χ0n) is 13.1. The molecule has 0 aromatic heterocycles. The highest BCUT2D eigenvalue weighted by atomic mass is 32.2. The lowest BCUT2D eigenvalue weighted by molar-refractivity contribution is 0.257. The number of hydrogen-bond donors (Lipinski definition) is 2. The Morgan fingerprint density at radius 1 is 1.24 bits per heavy atom. The molecule has 0 radical (unpaired) electrons. The molecule has 0 bridgehead atoms. The van der Waals surface area contributed by atoms with Crippen LogP contribution in [0.3, 0.4) is 0 Å². The lowest BCUT2D eigenvalue weighted by Gasteiger charge is -2.28. The van der Waals surface area contributed by atoms with Crippen molar-refractivity contribution in [2.45, 2.75) is 51.3 Å². The number of nitrogens with two attached hydrogens (primary N) is 1. The Balaban J connectivity index is 2.15. The molecule has 0 aliphatic heterocycles. The van der Waals surface area contributed by atoms with Crippen molar-refractivity contribution >= 4 is 15.7 Å². The van der Waals surface area contributed by atoms with Crippen molar-refractivity contribution in [1.29, 1.82) is 0 Å². The first-order valence-electron chi connectivity index (χ1n) is 7.67. The summed E-state index contributed by atoms with van der Waals surface area (Å²) >= 11 is 0. The molecule has 1 aliphatic carbocycles. The topological polar surface area (TPSA) is 72.2 Å². The van der Waals surface area contributed by atoms with E-state index in [0.29, 0.717) is 34.5 Å². The lowest BCUT2D eigenvalue weighted by Crippen LogP contribution is -2.33. The van der Waals surface area contributed by atoms with E-state index in [-0.39, 0.29) is 0 Å². The van der Waals surface area contributed by atoms with Gasteiger partial charge in [0.05, 0.1) is 4.90 Å². The second-order valence-corrected chi connectivity index (χ2v) is 8.09. The minimum Gasteiger partial charge on any atom is -0.398 e. The van der Waals surface area contributed by atoms with E-state index in [0.717, 1.165) is 12.0 Å². The second-order valence-electron chi connectivity index (χ2n) is 6.35. The molecule has 1 aliphatic rings. The van der Waals surface area contributed by atoms with Crippen LogP contribution in [0.15, 0.2) is 17.0 Å². The summed E-state index contributed by atoms with van der Waals surface area (Å²) in [6.45, 7) is 6.36. The molecular weight excluding hydrogens is 284 g/mol. The van der Waals surface area contributed by atoms with E-state index in [1.54, 1.807) is 19.1 Å². The molecule has 3 N–H and O–H groups in total. The van der Waals surface area contributed by atoms with Gasteiger partial charge in [-0.3, -0.25) is 0 Å². The number of benzene rings is 1. The standard InChI is InChI=1S/C16H26N2O2S/c1-11-8-15(17)13(3)16(9-11)21(19,20)18-10-14-7-5-4-6-12(14)2/h8-9,12,14,18H,4-7,10,17H2,1-3H3. The molecule has 21 heavy (non-hydrogen) atoms. The maximum absolute atomic E-state index is 12.5. The van der Waals surface area contributed by atoms with Gasteiger partial charge in [0.15, 0.2) is 0 Å². The Morgan fingerprint density at radius 2 is 1.90 bits per heavy atom. The van der Waals surface area contributed by atoms with E-state index >= 15 is 0 Å². The van der Waals surface area contributed by atoms with Crippen LogP contribution in [-0.2, 0) is 10.0 Å². The first-order valence-corrected chi connectivity index (χ1v) is 9.16. The summed E-state index contributed by atoms with van der Waals surface area (Å²) < 4.78 is 27.9. The minimum atomic E-state index is -3.49. The highest BCUT2D eigenvalue weighted by Gasteiger charge is 2.25. The Kier molecular flexibility index (Phi) is 4.94. The molecule has 0 heterocycles. The molecule has 0 amide bonds. The van der Waals surface area contributed by atoms with Gasteiger partial charge in [-0.25, -0.2) is 13.1 Å². The van der Waals surface area contributed by atoms with Crippen molar-refractivity contribution in [2.24, 2.45) is 11.8 Å². The normalized spacial score (nSPS) is 23.2. The van der Waals surface area contributed by atoms with Gasteiger partial charge in [0, 0.05) is 12.2 Å². The molecule has 2 unspecified atom stereocenters. The zero-order valence-corrected chi connectivity index (χ0v) is 14.0. The van der Waals surface area contributed by atoms with Crippen molar-refractivity contribution < 1.29 is 8.42 Å². The molecule has 1 saturated carbocycles. The summed E-state index contributed by atoms with van der Waals surface area (Å²) in [4.78, 5) is 0.309. The van der Waals surface area contributed by atoms with Crippen LogP contribution in [0.5, 0.6) is 0 Å². The average Bonchev–Trinajstić information content (AvgIpc) is 2.42. The fraction of sp³-hybridized carbons (Fsp3) is 0.625. The highest BCUT2D eigenvalue weighted by molar-refractivity contribution is 7.89. The van der Waals surface area contributed by atoms with Crippen LogP contribution in [0.25, 0.3) is 0 Å². The molecule has 5 heteroatoms. The van der Waals surface area contributed by atoms with E-state index in [4.69, 9.17) is 5.73 Å². The smallest absolute Gasteiger partial charge is 0.240 e. The molecule has 2 atom stereocenters. The zero-order chi connectivity index (χ0) is 15.6. The Labute approximate surface area is 128 Å². The lowest BCUT2D eigenvalue weighted by atomic mass is 9.81. The molecule has 1 aromatic carbocycles. The number of sulfonamides is 1. The first kappa shape index (κ1) is 16.3. The summed E-state index contributed by atoms with van der Waals surface area (Å²) in [5.74, 6) is 1.03. The van der Waals surface area contributed by atoms with Crippen LogP contribution >= 0.6 is 0 Å². The van der Waals surface area contributed by atoms with Crippen LogP contribution in [0, 0.1) is 25.7 Å². The van der Waals surface area contributed by atoms with Gasteiger partial charge in [0.1, 0.15) is 0 Å². The van der Waals surface area contributed by atoms with Crippen LogP contribution < -0.4 is 10.5 Å². The average molecular weight is 310 g/mol. The van der Waals surface area contributed by atoms with Gasteiger partial charge in [-0.05, 0) is 55.4 Å². The van der Waals surface area contributed by atoms with Gasteiger partial charge in [-0.15, -0.1) is 0 Å². The predicted molar refractivity (Wildman–Crippen MR) is 86.6 cm³/mol. The Bertz CT molecular complexity index is 611. The van der Waals surface area contributed by atoms with E-state index < -0.39 is 10.0 Å². The number of nitrogens with one attached hydrogen (secondary N) is 1. The maximum Gasteiger partial charge on any atom is 0.240 e. The maximum atomic E-state index is 12.5. The third kappa shape index (κ3) is 3.77. The summed E-state index contributed by atoms with van der Waals surface area (Å²) in [5, 5.41) is 0. The van der Waals surface area contributed by atoms with Crippen LogP contribution in [0.1, 0.15) is 43.7 Å². The Hall–Kier alpha value is -1.07. The van der Waals surface area contributed by atoms with E-state index in [9.17, 15) is 8.42 Å². The van der Waals surface area contributed by atoms with Gasteiger partial charge in [0.25, 0.3) is 0 Å². The number of rotatable bonds is 4. The first-order chi connectivity index (χ1) is 9.81. The fourth-order valence-electron chi connectivity index (χ4n) is 3.12. The van der Waals surface area contributed by atoms with E-state index in [2.05, 4.69) is 11.6 Å². The highest BCUT2D eigenvalue weighted by Crippen LogP contribution is 2.29. The molecule has 4 nitrogen and oxygen atoms in total. The number of hydrogen-bond acceptors (Lipinski definition) is 3. The SMILES string of the molecule is Cc1cc(N)c(C)c(S(=O)(=O)NCC2CCCCC2C)c1. The van der Waals surface area contributed by atoms with Crippen molar-refractivity contribution in [1.82, 2.24) is 4.72 Å². The molecule has 1 aromatic rings. The molecule has 2 rings (SSSR count). The van der Waals surface area contributed by atoms with Gasteiger partial charge < -0.3 is 5.73 Å². The quantitative estimate of drug-likeness (QED) is 0.840. The molecule has 1 fully saturated rings. The van der Waals surface area contributed by atoms with Gasteiger partial charge in [-0.1, -0.05) is 26.2 Å². The second kappa shape index (κ2) is 6.36. The summed E-state index contributed by atoms with van der Waals surface area (Å²) in [5.41, 5.74) is 7.91. The summed E-state index contributed by atoms with van der Waals surface area (Å²) in [6, 6.07) is 3.50. The van der Waals surface area contributed by atoms with Gasteiger partial charge >= 0.3 is 0 Å². The number of aryl methyl sites for hydroxylation is 1. The largest absolute Gasteiger partial charge is 0.398 e. The monoisotopic (exact) mass is 310 g/mol. The Morgan fingerprint density at radius 3 is 2.57 bits per heavy atom. The third-order valence-electron chi connectivity index (χ3n) is 4.66. The van der Waals surface area contributed by atoms with Crippen molar-refractivity contribution in [2.75, 3.05) is 12.3 Å². The minimum absolute atomic E-state index is 0.309. The molecule has 0 spiro atoms. The van der Waals surface area contributed by atoms with E-state index in [1.807, 2.05) is 6.92 Å². The van der Waals surface area contributed by atoms with Crippen molar-refractivity contribution in [3.05, 3.63) is 23.3 Å². The fourth-order valence-corrected chi connectivity index (χ4v) is 4.57. The number of anilines is 1. The summed E-state index contributed by atoms with van der Waals surface area (Å²) in [6.07, 6.45) is 4.77. The predicted octanol–water partition coefficient (Wildman–Crippen LogP) is 2.99. The molecular formula is C16H26N2O2S. The third-order valence-corrected chi connectivity index (χ3v) is 6.21. The van der Waals surface area contributed by atoms with Crippen molar-refractivity contribution in [3.63, 3.8) is 0 Å². The van der Waals surface area contributed by atoms with Crippen molar-refractivity contribution in [3.8, 4) is 0 Å². The number of nitrogen functional groups attached to an aromatic ring is 1. The van der Waals surface area contributed by atoms with E-state index in [1.165, 1.54) is 19.3 Å². The van der Waals surface area contributed by atoms with Crippen LogP contribution in [0.2, 0.25) is 0 Å². The van der Waals surface area contributed by atoms with Crippen LogP contribution in [0.4, 0.5) is 5.69 Å². The molecule has 118 valence electrons. The van der Waals surface area contributed by atoms with Gasteiger partial charge in [-0.2, -0.15) is 0 Å². The summed E-state index contributed by atoms with van der Waals surface area (Å²) in [7, 11) is -3.49. The van der Waals surface area contributed by atoms with Gasteiger partial charge in [0.2, 0.25) is 10.0 Å². The molecule has 0 saturated heterocycles. The van der Waals surface area contributed by atoms with Crippen LogP contribution in [-0.4, -0.2) is 15.0 Å².